The van der Waals surface area contributed by atoms with E-state index in [1.54, 1.807) is 0 Å². The van der Waals surface area contributed by atoms with Crippen molar-refractivity contribution in [2.75, 3.05) is 19.6 Å². The summed E-state index contributed by atoms with van der Waals surface area (Å²) in [6.45, 7) is 4.22. The molecular formula is C16H21N3. The van der Waals surface area contributed by atoms with E-state index in [9.17, 15) is 0 Å². The SMILES string of the molecule is C#CC1CN2CCC1CC2CNCc1ccccn1. The zero-order valence-corrected chi connectivity index (χ0v) is 11.3. The highest BCUT2D eigenvalue weighted by molar-refractivity contribution is 5.06. The van der Waals surface area contributed by atoms with E-state index in [2.05, 4.69) is 27.2 Å². The molecule has 0 aromatic carbocycles. The van der Waals surface area contributed by atoms with Crippen LogP contribution >= 0.6 is 0 Å². The molecule has 3 aliphatic heterocycles. The Labute approximate surface area is 115 Å². The van der Waals surface area contributed by atoms with Gasteiger partial charge in [0.2, 0.25) is 0 Å². The van der Waals surface area contributed by atoms with Crippen LogP contribution in [0, 0.1) is 24.2 Å². The molecule has 3 nitrogen and oxygen atoms in total. The van der Waals surface area contributed by atoms with Crippen molar-refractivity contribution < 1.29 is 0 Å². The lowest BCUT2D eigenvalue weighted by atomic mass is 9.76. The van der Waals surface area contributed by atoms with Crippen LogP contribution in [0.15, 0.2) is 24.4 Å². The Hall–Kier alpha value is -1.37. The van der Waals surface area contributed by atoms with E-state index in [-0.39, 0.29) is 0 Å². The van der Waals surface area contributed by atoms with E-state index in [1.807, 2.05) is 18.3 Å². The number of nitrogens with one attached hydrogen (secondary N) is 1. The summed E-state index contributed by atoms with van der Waals surface area (Å²) in [7, 11) is 0. The van der Waals surface area contributed by atoms with Gasteiger partial charge in [-0.2, -0.15) is 0 Å². The fourth-order valence-corrected chi connectivity index (χ4v) is 3.41. The second-order valence-electron chi connectivity index (χ2n) is 5.66. The summed E-state index contributed by atoms with van der Waals surface area (Å²) in [5.74, 6) is 4.20. The van der Waals surface area contributed by atoms with Crippen LogP contribution in [0.3, 0.4) is 0 Å². The van der Waals surface area contributed by atoms with E-state index in [1.165, 1.54) is 19.4 Å². The lowest BCUT2D eigenvalue weighted by Gasteiger charge is -2.48. The maximum Gasteiger partial charge on any atom is 0.0541 e. The normalized spacial score (nSPS) is 33.0. The molecule has 1 aromatic heterocycles. The van der Waals surface area contributed by atoms with Crippen LogP contribution in [0.5, 0.6) is 0 Å². The minimum absolute atomic E-state index is 0.487. The molecule has 4 heterocycles. The third-order valence-corrected chi connectivity index (χ3v) is 4.50. The molecule has 1 aromatic rings. The summed E-state index contributed by atoms with van der Waals surface area (Å²) in [5.41, 5.74) is 1.11. The zero-order valence-electron chi connectivity index (χ0n) is 11.3. The van der Waals surface area contributed by atoms with E-state index in [0.717, 1.165) is 31.2 Å². The van der Waals surface area contributed by atoms with Gasteiger partial charge in [-0.1, -0.05) is 6.07 Å². The molecule has 1 N–H and O–H groups in total. The highest BCUT2D eigenvalue weighted by Gasteiger charge is 2.38. The second-order valence-corrected chi connectivity index (χ2v) is 5.66. The largest absolute Gasteiger partial charge is 0.310 e. The summed E-state index contributed by atoms with van der Waals surface area (Å²) >= 11 is 0. The van der Waals surface area contributed by atoms with Crippen LogP contribution in [-0.2, 0) is 6.54 Å². The molecule has 0 spiro atoms. The molecule has 100 valence electrons. The minimum atomic E-state index is 0.487. The van der Waals surface area contributed by atoms with Gasteiger partial charge in [0.05, 0.1) is 5.69 Å². The molecule has 0 amide bonds. The molecule has 0 saturated carbocycles. The topological polar surface area (TPSA) is 28.2 Å². The van der Waals surface area contributed by atoms with Crippen LogP contribution in [-0.4, -0.2) is 35.6 Å². The van der Waals surface area contributed by atoms with E-state index < -0.39 is 0 Å². The quantitative estimate of drug-likeness (QED) is 0.827. The Morgan fingerprint density at radius 3 is 3.11 bits per heavy atom. The number of hydrogen-bond donors (Lipinski definition) is 1. The predicted octanol–water partition coefficient (Wildman–Crippen LogP) is 1.51. The molecule has 3 saturated heterocycles. The molecule has 2 bridgehead atoms. The van der Waals surface area contributed by atoms with Crippen molar-refractivity contribution in [2.24, 2.45) is 11.8 Å². The second kappa shape index (κ2) is 5.73. The molecule has 4 atom stereocenters. The van der Waals surface area contributed by atoms with E-state index >= 15 is 0 Å². The smallest absolute Gasteiger partial charge is 0.0541 e. The van der Waals surface area contributed by atoms with Gasteiger partial charge in [0.1, 0.15) is 0 Å². The molecule has 3 aliphatic rings. The molecule has 4 unspecified atom stereocenters. The van der Waals surface area contributed by atoms with E-state index in [0.29, 0.717) is 12.0 Å². The Kier molecular flexibility index (Phi) is 3.82. The third-order valence-electron chi connectivity index (χ3n) is 4.50. The summed E-state index contributed by atoms with van der Waals surface area (Å²) in [5, 5.41) is 3.53. The fraction of sp³-hybridized carbons (Fsp3) is 0.562. The van der Waals surface area contributed by atoms with Gasteiger partial charge in [-0.3, -0.25) is 9.88 Å². The number of piperidine rings is 3. The van der Waals surface area contributed by atoms with Crippen LogP contribution in [0.1, 0.15) is 18.5 Å². The molecule has 3 heteroatoms. The predicted molar refractivity (Wildman–Crippen MR) is 76.4 cm³/mol. The first kappa shape index (κ1) is 12.7. The van der Waals surface area contributed by atoms with Gasteiger partial charge in [0.25, 0.3) is 0 Å². The van der Waals surface area contributed by atoms with Gasteiger partial charge in [0, 0.05) is 37.8 Å². The number of nitrogens with zero attached hydrogens (tertiary/aromatic N) is 2. The summed E-state index contributed by atoms with van der Waals surface area (Å²) in [6, 6.07) is 6.71. The summed E-state index contributed by atoms with van der Waals surface area (Å²) < 4.78 is 0. The molecular weight excluding hydrogens is 234 g/mol. The lowest BCUT2D eigenvalue weighted by molar-refractivity contribution is 0.0227. The maximum absolute atomic E-state index is 5.61. The summed E-state index contributed by atoms with van der Waals surface area (Å²) in [4.78, 5) is 6.90. The Morgan fingerprint density at radius 1 is 1.47 bits per heavy atom. The molecule has 0 aliphatic carbocycles. The Bertz CT molecular complexity index is 451. The average molecular weight is 255 g/mol. The third kappa shape index (κ3) is 2.80. The van der Waals surface area contributed by atoms with Crippen molar-refractivity contribution in [1.29, 1.82) is 0 Å². The van der Waals surface area contributed by atoms with Crippen LogP contribution in [0.4, 0.5) is 0 Å². The Balaban J connectivity index is 1.49. The number of hydrogen-bond acceptors (Lipinski definition) is 3. The van der Waals surface area contributed by atoms with Gasteiger partial charge < -0.3 is 5.32 Å². The molecule has 19 heavy (non-hydrogen) atoms. The van der Waals surface area contributed by atoms with Crippen LogP contribution < -0.4 is 5.32 Å². The lowest BCUT2D eigenvalue weighted by Crippen LogP contribution is -2.55. The van der Waals surface area contributed by atoms with Crippen molar-refractivity contribution in [2.45, 2.75) is 25.4 Å². The van der Waals surface area contributed by atoms with Crippen molar-refractivity contribution in [3.05, 3.63) is 30.1 Å². The first-order valence-corrected chi connectivity index (χ1v) is 7.17. The number of pyridine rings is 1. The van der Waals surface area contributed by atoms with Crippen molar-refractivity contribution in [3.63, 3.8) is 0 Å². The zero-order chi connectivity index (χ0) is 13.1. The molecule has 3 fully saturated rings. The van der Waals surface area contributed by atoms with Gasteiger partial charge in [-0.05, 0) is 37.4 Å². The molecule has 4 rings (SSSR count). The van der Waals surface area contributed by atoms with E-state index in [4.69, 9.17) is 6.42 Å². The highest BCUT2D eigenvalue weighted by atomic mass is 15.2. The number of terminal acetylenes is 1. The molecule has 0 radical (unpaired) electrons. The first-order chi connectivity index (χ1) is 9.36. The van der Waals surface area contributed by atoms with Gasteiger partial charge in [0.15, 0.2) is 0 Å². The monoisotopic (exact) mass is 255 g/mol. The fourth-order valence-electron chi connectivity index (χ4n) is 3.41. The highest BCUT2D eigenvalue weighted by Crippen LogP contribution is 2.35. The van der Waals surface area contributed by atoms with Gasteiger partial charge in [-0.25, -0.2) is 0 Å². The average Bonchev–Trinajstić information content (AvgIpc) is 2.49. The first-order valence-electron chi connectivity index (χ1n) is 7.17. The van der Waals surface area contributed by atoms with Crippen molar-refractivity contribution in [1.82, 2.24) is 15.2 Å². The minimum Gasteiger partial charge on any atom is -0.310 e. The summed E-state index contributed by atoms with van der Waals surface area (Å²) in [6.07, 6.45) is 10.00. The van der Waals surface area contributed by atoms with Gasteiger partial charge >= 0.3 is 0 Å². The maximum atomic E-state index is 5.61. The standard InChI is InChI=1S/C16H21N3/c1-2-13-12-19-8-6-14(13)9-16(19)11-17-10-15-5-3-4-7-18-15/h1,3-5,7,13-14,16-17H,6,8-12H2. The van der Waals surface area contributed by atoms with Gasteiger partial charge in [-0.15, -0.1) is 12.3 Å². The number of fused-ring (bicyclic) bond motifs is 3. The number of rotatable bonds is 4. The number of aromatic nitrogens is 1. The van der Waals surface area contributed by atoms with Crippen molar-refractivity contribution >= 4 is 0 Å². The van der Waals surface area contributed by atoms with Crippen molar-refractivity contribution in [3.8, 4) is 12.3 Å². The Morgan fingerprint density at radius 2 is 2.42 bits per heavy atom. The van der Waals surface area contributed by atoms with Crippen LogP contribution in [0.25, 0.3) is 0 Å². The van der Waals surface area contributed by atoms with Crippen LogP contribution in [0.2, 0.25) is 0 Å².